The lowest BCUT2D eigenvalue weighted by atomic mass is 10.1. The van der Waals surface area contributed by atoms with Crippen LogP contribution in [-0.4, -0.2) is 26.2 Å². The molecule has 0 saturated heterocycles. The van der Waals surface area contributed by atoms with E-state index in [1.165, 1.54) is 12.3 Å². The van der Waals surface area contributed by atoms with Crippen molar-refractivity contribution in [3.63, 3.8) is 0 Å². The van der Waals surface area contributed by atoms with Crippen LogP contribution < -0.4 is 10.1 Å². The van der Waals surface area contributed by atoms with Gasteiger partial charge in [-0.15, -0.1) is 10.2 Å². The third-order valence-electron chi connectivity index (χ3n) is 2.75. The van der Waals surface area contributed by atoms with Gasteiger partial charge >= 0.3 is 6.18 Å². The van der Waals surface area contributed by atoms with Gasteiger partial charge in [0.05, 0.1) is 5.56 Å². The number of benzene rings is 1. The molecule has 0 unspecified atom stereocenters. The van der Waals surface area contributed by atoms with Crippen LogP contribution in [0.3, 0.4) is 0 Å². The predicted octanol–water partition coefficient (Wildman–Crippen LogP) is 3.37. The van der Waals surface area contributed by atoms with Crippen LogP contribution in [0, 0.1) is 11.3 Å². The van der Waals surface area contributed by atoms with Gasteiger partial charge in [0, 0.05) is 18.0 Å². The molecule has 2 rings (SSSR count). The number of hydrogen-bond acceptors (Lipinski definition) is 6. The first-order valence-electron chi connectivity index (χ1n) is 7.10. The normalized spacial score (nSPS) is 12.6. The molecule has 1 aromatic heterocycles. The van der Waals surface area contributed by atoms with E-state index in [-0.39, 0.29) is 22.8 Å². The molecule has 10 heteroatoms. The Bertz CT molecular complexity index is 800. The summed E-state index contributed by atoms with van der Waals surface area (Å²) in [6.07, 6.45) is -3.34. The van der Waals surface area contributed by atoms with E-state index in [1.807, 2.05) is 6.07 Å². The highest BCUT2D eigenvalue weighted by molar-refractivity contribution is 5.74. The Morgan fingerprint density at radius 1 is 1.28 bits per heavy atom. The van der Waals surface area contributed by atoms with Gasteiger partial charge in [-0.2, -0.15) is 23.6 Å². The van der Waals surface area contributed by atoms with Gasteiger partial charge in [0.25, 0.3) is 0 Å². The topological polar surface area (TPSA) is 99.5 Å². The SMILES string of the molecule is CC(C)(C)Oc1cc(NC=C(C#N)c2nn[nH]n2)cc(C(F)(F)F)c1. The van der Waals surface area contributed by atoms with Crippen LogP contribution in [0.4, 0.5) is 18.9 Å². The quantitative estimate of drug-likeness (QED) is 0.819. The molecular formula is C15H15F3N6O. The highest BCUT2D eigenvalue weighted by atomic mass is 19.4. The molecular weight excluding hydrogens is 337 g/mol. The van der Waals surface area contributed by atoms with Crippen LogP contribution in [-0.2, 0) is 6.18 Å². The summed E-state index contributed by atoms with van der Waals surface area (Å²) in [5.74, 6) is 0.0736. The number of aromatic amines is 1. The smallest absolute Gasteiger partial charge is 0.416 e. The largest absolute Gasteiger partial charge is 0.488 e. The molecule has 1 aromatic carbocycles. The lowest BCUT2D eigenvalue weighted by Gasteiger charge is -2.22. The number of hydrogen-bond donors (Lipinski definition) is 2. The molecule has 0 saturated carbocycles. The molecule has 2 N–H and O–H groups in total. The maximum absolute atomic E-state index is 13.1. The fourth-order valence-electron chi connectivity index (χ4n) is 1.84. The van der Waals surface area contributed by atoms with Gasteiger partial charge in [0.15, 0.2) is 0 Å². The molecule has 0 bridgehead atoms. The first-order valence-corrected chi connectivity index (χ1v) is 7.10. The molecule has 0 radical (unpaired) electrons. The molecule has 25 heavy (non-hydrogen) atoms. The molecule has 7 nitrogen and oxygen atoms in total. The van der Waals surface area contributed by atoms with Crippen molar-refractivity contribution >= 4 is 11.3 Å². The number of H-pyrrole nitrogens is 1. The number of rotatable bonds is 4. The van der Waals surface area contributed by atoms with Gasteiger partial charge < -0.3 is 10.1 Å². The third-order valence-corrected chi connectivity index (χ3v) is 2.75. The number of ether oxygens (including phenoxy) is 1. The molecule has 2 aromatic rings. The van der Waals surface area contributed by atoms with E-state index in [4.69, 9.17) is 10.00 Å². The lowest BCUT2D eigenvalue weighted by molar-refractivity contribution is -0.137. The molecule has 0 atom stereocenters. The van der Waals surface area contributed by atoms with E-state index >= 15 is 0 Å². The predicted molar refractivity (Wildman–Crippen MR) is 83.2 cm³/mol. The maximum atomic E-state index is 13.1. The Kier molecular flexibility index (Phi) is 4.97. The van der Waals surface area contributed by atoms with E-state index in [9.17, 15) is 13.2 Å². The summed E-state index contributed by atoms with van der Waals surface area (Å²) in [6, 6.07) is 5.07. The first kappa shape index (κ1) is 18.3. The second-order valence-corrected chi connectivity index (χ2v) is 6.01. The monoisotopic (exact) mass is 352 g/mol. The Labute approximate surface area is 141 Å². The minimum atomic E-state index is -4.54. The van der Waals surface area contributed by atoms with Crippen LogP contribution in [0.1, 0.15) is 32.2 Å². The van der Waals surface area contributed by atoms with Gasteiger partial charge in [-0.25, -0.2) is 0 Å². The van der Waals surface area contributed by atoms with E-state index < -0.39 is 17.3 Å². The average Bonchev–Trinajstić information content (AvgIpc) is 2.99. The second-order valence-electron chi connectivity index (χ2n) is 6.01. The molecule has 132 valence electrons. The van der Waals surface area contributed by atoms with E-state index in [0.29, 0.717) is 0 Å². The van der Waals surface area contributed by atoms with Crippen molar-refractivity contribution in [2.75, 3.05) is 5.32 Å². The average molecular weight is 352 g/mol. The number of halogens is 3. The number of alkyl halides is 3. The van der Waals surface area contributed by atoms with Crippen LogP contribution in [0.2, 0.25) is 0 Å². The number of anilines is 1. The standard InChI is InChI=1S/C15H15F3N6O/c1-14(2,3)25-12-5-10(15(16,17)18)4-11(6-12)20-8-9(7-19)13-21-23-24-22-13/h4-6,8,20H,1-3H3,(H,21,22,23,24). The Morgan fingerprint density at radius 2 is 2.00 bits per heavy atom. The zero-order chi connectivity index (χ0) is 18.7. The summed E-state index contributed by atoms with van der Waals surface area (Å²) in [7, 11) is 0. The van der Waals surface area contributed by atoms with Crippen molar-refractivity contribution in [2.24, 2.45) is 0 Å². The van der Waals surface area contributed by atoms with Gasteiger partial charge in [-0.3, -0.25) is 0 Å². The highest BCUT2D eigenvalue weighted by Crippen LogP contribution is 2.35. The van der Waals surface area contributed by atoms with Crippen molar-refractivity contribution in [1.82, 2.24) is 20.6 Å². The van der Waals surface area contributed by atoms with Gasteiger partial charge in [-0.1, -0.05) is 0 Å². The number of aromatic nitrogens is 4. The Balaban J connectivity index is 2.36. The van der Waals surface area contributed by atoms with Crippen LogP contribution in [0.25, 0.3) is 5.57 Å². The van der Waals surface area contributed by atoms with Crippen molar-refractivity contribution in [2.45, 2.75) is 32.5 Å². The molecule has 0 aliphatic heterocycles. The number of nitrogens with zero attached hydrogens (tertiary/aromatic N) is 4. The number of tetrazole rings is 1. The fourth-order valence-corrected chi connectivity index (χ4v) is 1.84. The molecule has 0 aliphatic carbocycles. The summed E-state index contributed by atoms with van der Waals surface area (Å²) in [5, 5.41) is 24.5. The second kappa shape index (κ2) is 6.80. The Morgan fingerprint density at radius 3 is 2.52 bits per heavy atom. The summed E-state index contributed by atoms with van der Waals surface area (Å²) in [5.41, 5.74) is -1.43. The third kappa shape index (κ3) is 5.20. The number of nitriles is 1. The van der Waals surface area contributed by atoms with Crippen molar-refractivity contribution in [1.29, 1.82) is 5.26 Å². The van der Waals surface area contributed by atoms with E-state index in [0.717, 1.165) is 12.1 Å². The van der Waals surface area contributed by atoms with Crippen molar-refractivity contribution < 1.29 is 17.9 Å². The van der Waals surface area contributed by atoms with Crippen molar-refractivity contribution in [3.05, 3.63) is 35.8 Å². The van der Waals surface area contributed by atoms with Gasteiger partial charge in [0.1, 0.15) is 23.0 Å². The van der Waals surface area contributed by atoms with Crippen LogP contribution in [0.15, 0.2) is 24.4 Å². The van der Waals surface area contributed by atoms with Crippen LogP contribution >= 0.6 is 0 Å². The summed E-state index contributed by atoms with van der Waals surface area (Å²) in [6.45, 7) is 5.18. The Hall–Kier alpha value is -3.09. The maximum Gasteiger partial charge on any atom is 0.416 e. The minimum absolute atomic E-state index is 0.00412. The molecule has 0 spiro atoms. The summed E-state index contributed by atoms with van der Waals surface area (Å²) >= 11 is 0. The zero-order valence-corrected chi connectivity index (χ0v) is 13.6. The fraction of sp³-hybridized carbons (Fsp3) is 0.333. The molecule has 0 fully saturated rings. The van der Waals surface area contributed by atoms with Crippen molar-refractivity contribution in [3.8, 4) is 11.8 Å². The summed E-state index contributed by atoms with van der Waals surface area (Å²) < 4.78 is 44.8. The van der Waals surface area contributed by atoms with Gasteiger partial charge in [-0.05, 0) is 38.1 Å². The van der Waals surface area contributed by atoms with E-state index in [1.54, 1.807) is 20.8 Å². The summed E-state index contributed by atoms with van der Waals surface area (Å²) in [4.78, 5) is 0. The zero-order valence-electron chi connectivity index (χ0n) is 13.6. The number of allylic oxidation sites excluding steroid dienone is 1. The molecule has 0 amide bonds. The first-order chi connectivity index (χ1) is 11.6. The lowest BCUT2D eigenvalue weighted by Crippen LogP contribution is -2.23. The van der Waals surface area contributed by atoms with E-state index in [2.05, 4.69) is 25.9 Å². The number of nitrogens with one attached hydrogen (secondary N) is 2. The van der Waals surface area contributed by atoms with Crippen LogP contribution in [0.5, 0.6) is 5.75 Å². The minimum Gasteiger partial charge on any atom is -0.488 e. The molecule has 0 aliphatic rings. The van der Waals surface area contributed by atoms with Gasteiger partial charge in [0.2, 0.25) is 5.82 Å². The highest BCUT2D eigenvalue weighted by Gasteiger charge is 2.32. The molecule has 1 heterocycles.